The number of rotatable bonds is 5. The molecule has 6 nitrogen and oxygen atoms in total. The molecule has 0 radical (unpaired) electrons. The van der Waals surface area contributed by atoms with E-state index in [0.29, 0.717) is 37.6 Å². The van der Waals surface area contributed by atoms with Gasteiger partial charge in [-0.2, -0.15) is 13.2 Å². The molecule has 1 fully saturated rings. The molecule has 1 aromatic rings. The van der Waals surface area contributed by atoms with E-state index in [4.69, 9.17) is 4.74 Å². The normalized spacial score (nSPS) is 18.7. The van der Waals surface area contributed by atoms with Crippen molar-refractivity contribution >= 4 is 11.7 Å². The minimum absolute atomic E-state index is 0.0251. The lowest BCUT2D eigenvalue weighted by Gasteiger charge is -2.18. The molecular weight excluding hydrogens is 313 g/mol. The average molecular weight is 332 g/mol. The summed E-state index contributed by atoms with van der Waals surface area (Å²) in [7, 11) is 1.49. The van der Waals surface area contributed by atoms with Crippen LogP contribution in [0.1, 0.15) is 6.42 Å². The number of halogens is 3. The average Bonchev–Trinajstić information content (AvgIpc) is 2.91. The quantitative estimate of drug-likeness (QED) is 0.867. The highest BCUT2D eigenvalue weighted by atomic mass is 19.4. The predicted molar refractivity (Wildman–Crippen MR) is 78.4 cm³/mol. The number of hydrogen-bond acceptors (Lipinski definition) is 4. The number of urea groups is 1. The summed E-state index contributed by atoms with van der Waals surface area (Å²) in [5.41, 5.74) is 0.508. The molecule has 1 saturated heterocycles. The number of likely N-dealkylation sites (tertiary alicyclic amines) is 1. The van der Waals surface area contributed by atoms with E-state index in [9.17, 15) is 18.0 Å². The van der Waals surface area contributed by atoms with Crippen molar-refractivity contribution in [2.75, 3.05) is 38.6 Å². The van der Waals surface area contributed by atoms with Crippen LogP contribution in [-0.4, -0.2) is 55.4 Å². The van der Waals surface area contributed by atoms with Crippen molar-refractivity contribution in [2.45, 2.75) is 12.6 Å². The number of amides is 2. The zero-order chi connectivity index (χ0) is 16.9. The number of alkyl halides is 3. The zero-order valence-corrected chi connectivity index (χ0v) is 12.7. The highest BCUT2D eigenvalue weighted by Gasteiger charge is 2.34. The van der Waals surface area contributed by atoms with Crippen molar-refractivity contribution in [3.05, 3.63) is 18.3 Å². The van der Waals surface area contributed by atoms with Gasteiger partial charge in [-0.05, 0) is 24.9 Å². The van der Waals surface area contributed by atoms with Crippen LogP contribution in [0.4, 0.5) is 23.7 Å². The van der Waals surface area contributed by atoms with Crippen LogP contribution in [0.15, 0.2) is 18.3 Å². The number of nitrogens with one attached hydrogen (secondary N) is 2. The molecule has 2 amide bonds. The highest BCUT2D eigenvalue weighted by molar-refractivity contribution is 5.88. The van der Waals surface area contributed by atoms with Crippen molar-refractivity contribution < 1.29 is 22.7 Å². The van der Waals surface area contributed by atoms with Gasteiger partial charge in [0, 0.05) is 19.2 Å². The Balaban J connectivity index is 1.70. The third-order valence-corrected chi connectivity index (χ3v) is 3.53. The second kappa shape index (κ2) is 7.49. The number of ether oxygens (including phenoxy) is 1. The molecule has 2 N–H and O–H groups in total. The number of pyridine rings is 1. The molecule has 9 heteroatoms. The first kappa shape index (κ1) is 17.3. The van der Waals surface area contributed by atoms with Gasteiger partial charge in [0.05, 0.1) is 25.5 Å². The second-order valence-electron chi connectivity index (χ2n) is 5.43. The second-order valence-corrected chi connectivity index (χ2v) is 5.43. The third kappa shape index (κ3) is 5.93. The first-order valence-electron chi connectivity index (χ1n) is 7.20. The third-order valence-electron chi connectivity index (χ3n) is 3.53. The van der Waals surface area contributed by atoms with E-state index < -0.39 is 18.8 Å². The van der Waals surface area contributed by atoms with Crippen LogP contribution in [0.2, 0.25) is 0 Å². The van der Waals surface area contributed by atoms with E-state index in [1.54, 1.807) is 12.1 Å². The Kier molecular flexibility index (Phi) is 5.64. The maximum atomic E-state index is 12.3. The molecule has 0 spiro atoms. The van der Waals surface area contributed by atoms with E-state index in [-0.39, 0.29) is 5.92 Å². The van der Waals surface area contributed by atoms with Crippen molar-refractivity contribution in [3.8, 4) is 5.88 Å². The van der Waals surface area contributed by atoms with Gasteiger partial charge < -0.3 is 15.4 Å². The minimum Gasteiger partial charge on any atom is -0.481 e. The standard InChI is InChI=1S/C14H19F3N4O2/c1-23-12-3-2-11(7-18-12)20-13(22)19-6-10-4-5-21(8-10)9-14(15,16)17/h2-3,7,10H,4-6,8-9H2,1H3,(H2,19,20,22)/t10-/m0/s1. The Morgan fingerprint density at radius 2 is 2.26 bits per heavy atom. The summed E-state index contributed by atoms with van der Waals surface area (Å²) in [6, 6.07) is 2.85. The monoisotopic (exact) mass is 332 g/mol. The Morgan fingerprint density at radius 3 is 2.87 bits per heavy atom. The summed E-state index contributed by atoms with van der Waals surface area (Å²) >= 11 is 0. The van der Waals surface area contributed by atoms with Crippen LogP contribution in [0.5, 0.6) is 5.88 Å². The van der Waals surface area contributed by atoms with Crippen LogP contribution < -0.4 is 15.4 Å². The summed E-state index contributed by atoms with van der Waals surface area (Å²) in [6.07, 6.45) is -2.08. The molecule has 2 heterocycles. The van der Waals surface area contributed by atoms with Gasteiger partial charge in [-0.15, -0.1) is 0 Å². The van der Waals surface area contributed by atoms with Gasteiger partial charge in [-0.1, -0.05) is 0 Å². The maximum absolute atomic E-state index is 12.3. The van der Waals surface area contributed by atoms with Crippen LogP contribution in [-0.2, 0) is 0 Å². The SMILES string of the molecule is COc1ccc(NC(=O)NC[C@@H]2CCN(CC(F)(F)F)C2)cn1. The molecule has 0 aliphatic carbocycles. The fraction of sp³-hybridized carbons (Fsp3) is 0.571. The van der Waals surface area contributed by atoms with Crippen molar-refractivity contribution in [3.63, 3.8) is 0 Å². The highest BCUT2D eigenvalue weighted by Crippen LogP contribution is 2.22. The molecule has 2 rings (SSSR count). The Morgan fingerprint density at radius 1 is 1.48 bits per heavy atom. The molecule has 0 saturated carbocycles. The fourth-order valence-electron chi connectivity index (χ4n) is 2.46. The first-order valence-corrected chi connectivity index (χ1v) is 7.20. The molecule has 0 unspecified atom stereocenters. The van der Waals surface area contributed by atoms with Crippen LogP contribution in [0, 0.1) is 5.92 Å². The molecule has 1 aliphatic heterocycles. The Labute approximate surface area is 132 Å². The lowest BCUT2D eigenvalue weighted by molar-refractivity contribution is -0.143. The molecule has 0 bridgehead atoms. The summed E-state index contributed by atoms with van der Waals surface area (Å²) in [5, 5.41) is 5.27. The van der Waals surface area contributed by atoms with Gasteiger partial charge >= 0.3 is 12.2 Å². The number of aromatic nitrogens is 1. The van der Waals surface area contributed by atoms with Gasteiger partial charge in [0.1, 0.15) is 0 Å². The Hall–Kier alpha value is -2.03. The number of anilines is 1. The van der Waals surface area contributed by atoms with Crippen molar-refractivity contribution in [1.29, 1.82) is 0 Å². The fourth-order valence-corrected chi connectivity index (χ4v) is 2.46. The molecule has 128 valence electrons. The van der Waals surface area contributed by atoms with E-state index in [0.717, 1.165) is 0 Å². The van der Waals surface area contributed by atoms with Gasteiger partial charge in [0.25, 0.3) is 0 Å². The summed E-state index contributed by atoms with van der Waals surface area (Å²) in [4.78, 5) is 17.1. The van der Waals surface area contributed by atoms with Gasteiger partial charge in [0.2, 0.25) is 5.88 Å². The predicted octanol–water partition coefficient (Wildman–Crippen LogP) is 2.10. The van der Waals surface area contributed by atoms with Crippen molar-refractivity contribution in [2.24, 2.45) is 5.92 Å². The number of nitrogens with zero attached hydrogens (tertiary/aromatic N) is 2. The largest absolute Gasteiger partial charge is 0.481 e. The number of hydrogen-bond donors (Lipinski definition) is 2. The number of carbonyl (C=O) groups is 1. The molecule has 23 heavy (non-hydrogen) atoms. The van der Waals surface area contributed by atoms with Gasteiger partial charge in [-0.3, -0.25) is 4.90 Å². The number of carbonyl (C=O) groups excluding carboxylic acids is 1. The topological polar surface area (TPSA) is 66.5 Å². The molecule has 1 atom stereocenters. The smallest absolute Gasteiger partial charge is 0.401 e. The van der Waals surface area contributed by atoms with Crippen LogP contribution >= 0.6 is 0 Å². The summed E-state index contributed by atoms with van der Waals surface area (Å²) < 4.78 is 41.8. The van der Waals surface area contributed by atoms with E-state index >= 15 is 0 Å². The first-order chi connectivity index (χ1) is 10.9. The lowest BCUT2D eigenvalue weighted by atomic mass is 10.1. The summed E-state index contributed by atoms with van der Waals surface area (Å²) in [5.74, 6) is 0.462. The maximum Gasteiger partial charge on any atom is 0.401 e. The van der Waals surface area contributed by atoms with Crippen molar-refractivity contribution in [1.82, 2.24) is 15.2 Å². The van der Waals surface area contributed by atoms with E-state index in [1.165, 1.54) is 18.2 Å². The van der Waals surface area contributed by atoms with Gasteiger partial charge in [-0.25, -0.2) is 9.78 Å². The lowest BCUT2D eigenvalue weighted by Crippen LogP contribution is -2.36. The minimum atomic E-state index is -4.18. The van der Waals surface area contributed by atoms with Crippen LogP contribution in [0.25, 0.3) is 0 Å². The number of methoxy groups -OCH3 is 1. The van der Waals surface area contributed by atoms with Crippen LogP contribution in [0.3, 0.4) is 0 Å². The molecular formula is C14H19F3N4O2. The zero-order valence-electron chi connectivity index (χ0n) is 12.7. The van der Waals surface area contributed by atoms with E-state index in [2.05, 4.69) is 15.6 Å². The summed E-state index contributed by atoms with van der Waals surface area (Å²) in [6.45, 7) is 0.177. The Bertz CT molecular complexity index is 522. The molecule has 1 aliphatic rings. The molecule has 0 aromatic carbocycles. The van der Waals surface area contributed by atoms with E-state index in [1.807, 2.05) is 0 Å². The molecule has 1 aromatic heterocycles. The van der Waals surface area contributed by atoms with Gasteiger partial charge in [0.15, 0.2) is 0 Å².